The lowest BCUT2D eigenvalue weighted by Crippen LogP contribution is -2.23. The zero-order valence-corrected chi connectivity index (χ0v) is 17.7. The number of ether oxygens (including phenoxy) is 1. The highest BCUT2D eigenvalue weighted by Crippen LogP contribution is 2.31. The Labute approximate surface area is 179 Å². The first-order chi connectivity index (χ1) is 15.1. The van der Waals surface area contributed by atoms with Crippen LogP contribution < -0.4 is 20.9 Å². The molecule has 0 aliphatic heterocycles. The Bertz CT molecular complexity index is 1270. The summed E-state index contributed by atoms with van der Waals surface area (Å²) in [7, 11) is 3.55. The quantitative estimate of drug-likeness (QED) is 0.448. The fourth-order valence-electron chi connectivity index (χ4n) is 3.46. The maximum absolute atomic E-state index is 13.0. The minimum absolute atomic E-state index is 0.235. The smallest absolute Gasteiger partial charge is 0.282 e. The zero-order chi connectivity index (χ0) is 21.8. The molecule has 0 aliphatic rings. The Kier molecular flexibility index (Phi) is 5.90. The first-order valence-electron chi connectivity index (χ1n) is 9.99. The van der Waals surface area contributed by atoms with Crippen LogP contribution in [0.25, 0.3) is 27.8 Å². The summed E-state index contributed by atoms with van der Waals surface area (Å²) in [6, 6.07) is 11.6. The summed E-state index contributed by atoms with van der Waals surface area (Å²) in [6.07, 6.45) is 4.95. The molecular weight excluding hydrogens is 392 g/mol. The van der Waals surface area contributed by atoms with Crippen molar-refractivity contribution in [3.05, 3.63) is 70.9 Å². The summed E-state index contributed by atoms with van der Waals surface area (Å²) >= 11 is 0. The van der Waals surface area contributed by atoms with Gasteiger partial charge in [0.2, 0.25) is 0 Å². The van der Waals surface area contributed by atoms with Gasteiger partial charge >= 0.3 is 0 Å². The van der Waals surface area contributed by atoms with Gasteiger partial charge in [-0.3, -0.25) is 4.79 Å². The van der Waals surface area contributed by atoms with E-state index in [1.54, 1.807) is 25.7 Å². The number of hydrogen-bond acceptors (Lipinski definition) is 7. The molecule has 0 unspecified atom stereocenters. The van der Waals surface area contributed by atoms with Crippen LogP contribution in [0, 0.1) is 6.92 Å². The average molecular weight is 416 g/mol. The number of benzene rings is 2. The number of nitrogens with zero attached hydrogens (tertiary/aromatic N) is 4. The lowest BCUT2D eigenvalue weighted by molar-refractivity contribution is 0.412. The summed E-state index contributed by atoms with van der Waals surface area (Å²) < 4.78 is 6.65. The highest BCUT2D eigenvalue weighted by atomic mass is 16.5. The van der Waals surface area contributed by atoms with Crippen molar-refractivity contribution in [2.24, 2.45) is 0 Å². The molecule has 8 heteroatoms. The van der Waals surface area contributed by atoms with Crippen LogP contribution in [0.15, 0.2) is 59.8 Å². The SMILES string of the molecule is CNCCNc1cnc(-n2ncc3cc(-c4cccc(OC)c4C)ccc3c2=O)nc1. The lowest BCUT2D eigenvalue weighted by Gasteiger charge is -2.11. The number of nitrogens with one attached hydrogen (secondary N) is 2. The topological polar surface area (TPSA) is 94.0 Å². The van der Waals surface area contributed by atoms with Crippen molar-refractivity contribution in [2.75, 3.05) is 32.6 Å². The van der Waals surface area contributed by atoms with Crippen molar-refractivity contribution in [3.63, 3.8) is 0 Å². The highest BCUT2D eigenvalue weighted by molar-refractivity contribution is 5.87. The van der Waals surface area contributed by atoms with Gasteiger partial charge in [0.25, 0.3) is 11.5 Å². The standard InChI is InChI=1S/C23H24N6O2/c1-15-19(5-4-6-21(15)31-3)16-7-8-20-17(11-16)12-28-29(22(20)30)23-26-13-18(14-27-23)25-10-9-24-2/h4-8,11-14,24-25H,9-10H2,1-3H3. The number of aromatic nitrogens is 4. The van der Waals surface area contributed by atoms with E-state index in [0.29, 0.717) is 5.39 Å². The molecule has 8 nitrogen and oxygen atoms in total. The minimum Gasteiger partial charge on any atom is -0.496 e. The molecule has 2 aromatic carbocycles. The molecule has 0 atom stereocenters. The van der Waals surface area contributed by atoms with Crippen LogP contribution in [0.2, 0.25) is 0 Å². The second-order valence-electron chi connectivity index (χ2n) is 7.10. The number of fused-ring (bicyclic) bond motifs is 1. The van der Waals surface area contributed by atoms with E-state index in [4.69, 9.17) is 4.74 Å². The van der Waals surface area contributed by atoms with Gasteiger partial charge in [-0.05, 0) is 48.9 Å². The molecule has 0 aliphatic carbocycles. The van der Waals surface area contributed by atoms with E-state index in [9.17, 15) is 4.79 Å². The molecule has 4 rings (SSSR count). The van der Waals surface area contributed by atoms with Gasteiger partial charge in [0.05, 0.1) is 36.8 Å². The summed E-state index contributed by atoms with van der Waals surface area (Å²) in [5.74, 6) is 1.06. The van der Waals surface area contributed by atoms with Gasteiger partial charge < -0.3 is 15.4 Å². The van der Waals surface area contributed by atoms with E-state index < -0.39 is 0 Å². The molecule has 0 amide bonds. The van der Waals surface area contributed by atoms with E-state index in [0.717, 1.165) is 46.6 Å². The van der Waals surface area contributed by atoms with Crippen LogP contribution >= 0.6 is 0 Å². The van der Waals surface area contributed by atoms with Crippen molar-refractivity contribution in [3.8, 4) is 22.8 Å². The van der Waals surface area contributed by atoms with E-state index in [-0.39, 0.29) is 11.5 Å². The van der Waals surface area contributed by atoms with Gasteiger partial charge in [0.1, 0.15) is 5.75 Å². The Morgan fingerprint density at radius 1 is 1.06 bits per heavy atom. The van der Waals surface area contributed by atoms with Crippen LogP contribution in [0.4, 0.5) is 5.69 Å². The molecule has 31 heavy (non-hydrogen) atoms. The van der Waals surface area contributed by atoms with E-state index in [1.807, 2.05) is 50.4 Å². The largest absolute Gasteiger partial charge is 0.496 e. The normalized spacial score (nSPS) is 10.9. The van der Waals surface area contributed by atoms with Crippen molar-refractivity contribution in [1.82, 2.24) is 25.1 Å². The number of hydrogen-bond donors (Lipinski definition) is 2. The average Bonchev–Trinajstić information content (AvgIpc) is 2.80. The third kappa shape index (κ3) is 4.10. The molecule has 0 radical (unpaired) electrons. The predicted octanol–water partition coefficient (Wildman–Crippen LogP) is 2.79. The molecule has 0 fully saturated rings. The van der Waals surface area contributed by atoms with Crippen LogP contribution in [-0.4, -0.2) is 47.0 Å². The van der Waals surface area contributed by atoms with Gasteiger partial charge in [-0.15, -0.1) is 0 Å². The first-order valence-corrected chi connectivity index (χ1v) is 9.99. The van der Waals surface area contributed by atoms with Gasteiger partial charge in [-0.25, -0.2) is 9.97 Å². The molecule has 2 aromatic heterocycles. The molecule has 0 spiro atoms. The van der Waals surface area contributed by atoms with E-state index >= 15 is 0 Å². The van der Waals surface area contributed by atoms with Crippen LogP contribution in [0.3, 0.4) is 0 Å². The summed E-state index contributed by atoms with van der Waals surface area (Å²) in [4.78, 5) is 21.6. The maximum Gasteiger partial charge on any atom is 0.282 e. The number of methoxy groups -OCH3 is 1. The predicted molar refractivity (Wildman–Crippen MR) is 122 cm³/mol. The second-order valence-corrected chi connectivity index (χ2v) is 7.10. The van der Waals surface area contributed by atoms with Gasteiger partial charge in [-0.2, -0.15) is 9.78 Å². The Morgan fingerprint density at radius 3 is 2.61 bits per heavy atom. The molecule has 0 saturated carbocycles. The Morgan fingerprint density at radius 2 is 1.87 bits per heavy atom. The van der Waals surface area contributed by atoms with Crippen molar-refractivity contribution in [1.29, 1.82) is 0 Å². The maximum atomic E-state index is 13.0. The molecule has 0 bridgehead atoms. The molecule has 4 aromatic rings. The number of anilines is 1. The highest BCUT2D eigenvalue weighted by Gasteiger charge is 2.11. The lowest BCUT2D eigenvalue weighted by atomic mass is 9.98. The van der Waals surface area contributed by atoms with Crippen LogP contribution in [0.1, 0.15) is 5.56 Å². The van der Waals surface area contributed by atoms with Gasteiger partial charge in [-0.1, -0.05) is 18.2 Å². The van der Waals surface area contributed by atoms with Crippen molar-refractivity contribution in [2.45, 2.75) is 6.92 Å². The molecule has 2 N–H and O–H groups in total. The van der Waals surface area contributed by atoms with Gasteiger partial charge in [0.15, 0.2) is 0 Å². The Balaban J connectivity index is 1.68. The van der Waals surface area contributed by atoms with E-state index in [1.165, 1.54) is 4.68 Å². The molecule has 0 saturated heterocycles. The fraction of sp³-hybridized carbons (Fsp3) is 0.217. The number of likely N-dealkylation sites (N-methyl/N-ethyl adjacent to an activating group) is 1. The van der Waals surface area contributed by atoms with Crippen LogP contribution in [0.5, 0.6) is 5.75 Å². The summed E-state index contributed by atoms with van der Waals surface area (Å²) in [5, 5.41) is 11.9. The third-order valence-electron chi connectivity index (χ3n) is 5.13. The molecule has 158 valence electrons. The van der Waals surface area contributed by atoms with Crippen molar-refractivity contribution < 1.29 is 4.74 Å². The third-order valence-corrected chi connectivity index (χ3v) is 5.13. The van der Waals surface area contributed by atoms with Crippen LogP contribution in [-0.2, 0) is 0 Å². The minimum atomic E-state index is -0.262. The van der Waals surface area contributed by atoms with Crippen molar-refractivity contribution >= 4 is 16.5 Å². The van der Waals surface area contributed by atoms with Gasteiger partial charge in [0, 0.05) is 18.5 Å². The zero-order valence-electron chi connectivity index (χ0n) is 17.7. The first kappa shape index (κ1) is 20.5. The molecular formula is C23H24N6O2. The molecule has 2 heterocycles. The fourth-order valence-corrected chi connectivity index (χ4v) is 3.46. The Hall–Kier alpha value is -3.78. The summed E-state index contributed by atoms with van der Waals surface area (Å²) in [6.45, 7) is 3.59. The number of rotatable bonds is 7. The monoisotopic (exact) mass is 416 g/mol. The van der Waals surface area contributed by atoms with E-state index in [2.05, 4.69) is 25.7 Å². The second kappa shape index (κ2) is 8.93. The summed E-state index contributed by atoms with van der Waals surface area (Å²) in [5.41, 5.74) is 3.61.